The Bertz CT molecular complexity index is 489. The molecule has 1 aromatic rings. The number of rotatable bonds is 3. The molecule has 2 amide bonds. The highest BCUT2D eigenvalue weighted by molar-refractivity contribution is 7.14. The van der Waals surface area contributed by atoms with Crippen molar-refractivity contribution in [1.29, 1.82) is 0 Å². The second-order valence-corrected chi connectivity index (χ2v) is 5.86. The number of nitrogens with zero attached hydrogens (tertiary/aromatic N) is 1. The SMILES string of the molecule is CC(=O)Nc1nc(C(=O)NC2CCCCCC2O)cs1. The molecule has 1 aliphatic carbocycles. The Kier molecular flexibility index (Phi) is 5.08. The van der Waals surface area contributed by atoms with E-state index in [0.29, 0.717) is 5.13 Å². The van der Waals surface area contributed by atoms with Crippen LogP contribution in [-0.4, -0.2) is 34.1 Å². The normalized spacial score (nSPS) is 22.9. The van der Waals surface area contributed by atoms with Crippen LogP contribution in [0.15, 0.2) is 5.38 Å². The lowest BCUT2D eigenvalue weighted by Gasteiger charge is -2.21. The highest BCUT2D eigenvalue weighted by Crippen LogP contribution is 2.19. The summed E-state index contributed by atoms with van der Waals surface area (Å²) in [6.45, 7) is 1.39. The molecule has 3 N–H and O–H groups in total. The van der Waals surface area contributed by atoms with Gasteiger partial charge in [-0.15, -0.1) is 11.3 Å². The van der Waals surface area contributed by atoms with Crippen LogP contribution < -0.4 is 10.6 Å². The van der Waals surface area contributed by atoms with Gasteiger partial charge in [0.2, 0.25) is 5.91 Å². The summed E-state index contributed by atoms with van der Waals surface area (Å²) >= 11 is 1.21. The van der Waals surface area contributed by atoms with Crippen molar-refractivity contribution in [2.45, 2.75) is 51.2 Å². The molecular formula is C13H19N3O3S. The minimum absolute atomic E-state index is 0.212. The van der Waals surface area contributed by atoms with Crippen molar-refractivity contribution in [3.63, 3.8) is 0 Å². The van der Waals surface area contributed by atoms with E-state index >= 15 is 0 Å². The van der Waals surface area contributed by atoms with Gasteiger partial charge in [-0.1, -0.05) is 19.3 Å². The first-order valence-electron chi connectivity index (χ1n) is 6.78. The first-order valence-corrected chi connectivity index (χ1v) is 7.66. The van der Waals surface area contributed by atoms with Crippen molar-refractivity contribution < 1.29 is 14.7 Å². The van der Waals surface area contributed by atoms with Crippen LogP contribution in [0.5, 0.6) is 0 Å². The molecule has 1 aromatic heterocycles. The van der Waals surface area contributed by atoms with Crippen LogP contribution in [0.25, 0.3) is 0 Å². The number of nitrogens with one attached hydrogen (secondary N) is 2. The zero-order chi connectivity index (χ0) is 14.5. The summed E-state index contributed by atoms with van der Waals surface area (Å²) in [4.78, 5) is 27.0. The molecule has 2 unspecified atom stereocenters. The fourth-order valence-electron chi connectivity index (χ4n) is 2.28. The average Bonchev–Trinajstić information content (AvgIpc) is 2.75. The topological polar surface area (TPSA) is 91.3 Å². The van der Waals surface area contributed by atoms with Crippen molar-refractivity contribution in [2.75, 3.05) is 5.32 Å². The molecule has 110 valence electrons. The molecule has 1 aliphatic rings. The molecule has 2 rings (SSSR count). The van der Waals surface area contributed by atoms with Crippen LogP contribution in [0.3, 0.4) is 0 Å². The highest BCUT2D eigenvalue weighted by Gasteiger charge is 2.24. The average molecular weight is 297 g/mol. The monoisotopic (exact) mass is 297 g/mol. The number of carbonyl (C=O) groups is 2. The Morgan fingerprint density at radius 2 is 2.10 bits per heavy atom. The number of hydrogen-bond acceptors (Lipinski definition) is 5. The molecule has 7 heteroatoms. The van der Waals surface area contributed by atoms with Crippen molar-refractivity contribution in [3.05, 3.63) is 11.1 Å². The van der Waals surface area contributed by atoms with E-state index in [-0.39, 0.29) is 23.6 Å². The van der Waals surface area contributed by atoms with E-state index in [0.717, 1.165) is 32.1 Å². The second kappa shape index (κ2) is 6.81. The molecule has 0 saturated heterocycles. The molecule has 0 spiro atoms. The molecule has 1 saturated carbocycles. The van der Waals surface area contributed by atoms with Gasteiger partial charge in [-0.3, -0.25) is 9.59 Å². The number of aromatic nitrogens is 1. The van der Waals surface area contributed by atoms with Crippen molar-refractivity contribution in [3.8, 4) is 0 Å². The minimum Gasteiger partial charge on any atom is -0.391 e. The first-order chi connectivity index (χ1) is 9.56. The maximum absolute atomic E-state index is 12.1. The van der Waals surface area contributed by atoms with Crippen molar-refractivity contribution in [1.82, 2.24) is 10.3 Å². The van der Waals surface area contributed by atoms with Crippen molar-refractivity contribution in [2.24, 2.45) is 0 Å². The number of carbonyl (C=O) groups excluding carboxylic acids is 2. The maximum atomic E-state index is 12.1. The predicted molar refractivity (Wildman–Crippen MR) is 76.8 cm³/mol. The molecule has 6 nitrogen and oxygen atoms in total. The number of hydrogen-bond donors (Lipinski definition) is 3. The fourth-order valence-corrected chi connectivity index (χ4v) is 3.02. The number of aliphatic hydroxyl groups is 1. The van der Waals surface area contributed by atoms with Crippen LogP contribution >= 0.6 is 11.3 Å². The fraction of sp³-hybridized carbons (Fsp3) is 0.615. The standard InChI is InChI=1S/C13H19N3O3S/c1-8(17)14-13-16-10(7-20-13)12(19)15-9-5-3-2-4-6-11(9)18/h7,9,11,18H,2-6H2,1H3,(H,15,19)(H,14,16,17). The largest absolute Gasteiger partial charge is 0.391 e. The quantitative estimate of drug-likeness (QED) is 0.738. The molecule has 1 fully saturated rings. The van der Waals surface area contributed by atoms with Gasteiger partial charge >= 0.3 is 0 Å². The first kappa shape index (κ1) is 14.9. The summed E-state index contributed by atoms with van der Waals surface area (Å²) in [5.74, 6) is -0.519. The minimum atomic E-state index is -0.491. The Morgan fingerprint density at radius 3 is 2.85 bits per heavy atom. The molecule has 0 aliphatic heterocycles. The van der Waals surface area contributed by atoms with Crippen LogP contribution in [-0.2, 0) is 4.79 Å². The van der Waals surface area contributed by atoms with E-state index < -0.39 is 6.10 Å². The third-order valence-corrected chi connectivity index (χ3v) is 4.07. The van der Waals surface area contributed by atoms with Gasteiger partial charge in [-0.05, 0) is 12.8 Å². The van der Waals surface area contributed by atoms with Gasteiger partial charge in [0.25, 0.3) is 5.91 Å². The lowest BCUT2D eigenvalue weighted by atomic mass is 10.1. The summed E-state index contributed by atoms with van der Waals surface area (Å²) in [5, 5.41) is 17.4. The summed E-state index contributed by atoms with van der Waals surface area (Å²) in [6, 6.07) is -0.212. The Balaban J connectivity index is 1.96. The van der Waals surface area contributed by atoms with Crippen LogP contribution in [0, 0.1) is 0 Å². The molecule has 0 radical (unpaired) electrons. The summed E-state index contributed by atoms with van der Waals surface area (Å²) in [5.41, 5.74) is 0.273. The highest BCUT2D eigenvalue weighted by atomic mass is 32.1. The molecule has 20 heavy (non-hydrogen) atoms. The van der Waals surface area contributed by atoms with Gasteiger partial charge in [0.1, 0.15) is 5.69 Å². The third-order valence-electron chi connectivity index (χ3n) is 3.32. The van der Waals surface area contributed by atoms with E-state index in [2.05, 4.69) is 15.6 Å². The Hall–Kier alpha value is -1.47. The van der Waals surface area contributed by atoms with Crippen molar-refractivity contribution >= 4 is 28.3 Å². The van der Waals surface area contributed by atoms with E-state index in [4.69, 9.17) is 0 Å². The van der Waals surface area contributed by atoms with Crippen LogP contribution in [0.2, 0.25) is 0 Å². The summed E-state index contributed by atoms with van der Waals surface area (Å²) in [7, 11) is 0. The van der Waals surface area contributed by atoms with E-state index in [1.807, 2.05) is 0 Å². The van der Waals surface area contributed by atoms with Crippen LogP contribution in [0.4, 0.5) is 5.13 Å². The number of amides is 2. The molecule has 2 atom stereocenters. The second-order valence-electron chi connectivity index (χ2n) is 5.00. The number of thiazole rings is 1. The smallest absolute Gasteiger partial charge is 0.271 e. The lowest BCUT2D eigenvalue weighted by Crippen LogP contribution is -2.42. The molecule has 0 aromatic carbocycles. The summed E-state index contributed by atoms with van der Waals surface area (Å²) in [6.07, 6.45) is 4.12. The molecular weight excluding hydrogens is 278 g/mol. The Labute approximate surface area is 121 Å². The van der Waals surface area contributed by atoms with Gasteiger partial charge in [0, 0.05) is 12.3 Å². The van der Waals surface area contributed by atoms with Gasteiger partial charge in [0.15, 0.2) is 5.13 Å². The third kappa shape index (κ3) is 4.01. The predicted octanol–water partition coefficient (Wildman–Crippen LogP) is 1.52. The van der Waals surface area contributed by atoms with E-state index in [1.54, 1.807) is 5.38 Å². The zero-order valence-corrected chi connectivity index (χ0v) is 12.2. The summed E-state index contributed by atoms with van der Waals surface area (Å²) < 4.78 is 0. The van der Waals surface area contributed by atoms with Gasteiger partial charge in [-0.2, -0.15) is 0 Å². The van der Waals surface area contributed by atoms with Gasteiger partial charge in [0.05, 0.1) is 12.1 Å². The van der Waals surface area contributed by atoms with Gasteiger partial charge in [-0.25, -0.2) is 4.98 Å². The van der Waals surface area contributed by atoms with Gasteiger partial charge < -0.3 is 15.7 Å². The number of aliphatic hydroxyl groups excluding tert-OH is 1. The maximum Gasteiger partial charge on any atom is 0.271 e. The molecule has 1 heterocycles. The van der Waals surface area contributed by atoms with Crippen LogP contribution in [0.1, 0.15) is 49.5 Å². The number of anilines is 1. The lowest BCUT2D eigenvalue weighted by molar-refractivity contribution is -0.114. The molecule has 0 bridgehead atoms. The zero-order valence-electron chi connectivity index (χ0n) is 11.4. The Morgan fingerprint density at radius 1 is 1.35 bits per heavy atom. The van der Waals surface area contributed by atoms with E-state index in [1.165, 1.54) is 18.3 Å². The van der Waals surface area contributed by atoms with E-state index in [9.17, 15) is 14.7 Å².